The molecule has 1 atom stereocenters. The summed E-state index contributed by atoms with van der Waals surface area (Å²) in [7, 11) is 0. The summed E-state index contributed by atoms with van der Waals surface area (Å²) in [5.74, 6) is 0.787. The number of hydrogen-bond acceptors (Lipinski definition) is 6. The standard InChI is InChI=1S/C13H15N5O3/c1-9(19)10-2-3-11(12(6-10)18(20)21)16-4-5-17-8-14-15-13(17)7-16/h2-3,6,8-9,19H,4-5,7H2,1H3/t9-/m0/s1. The summed E-state index contributed by atoms with van der Waals surface area (Å²) < 4.78 is 1.94. The van der Waals surface area contributed by atoms with Crippen molar-refractivity contribution in [3.8, 4) is 0 Å². The van der Waals surface area contributed by atoms with Crippen LogP contribution in [0.15, 0.2) is 24.5 Å². The number of nitrogens with zero attached hydrogens (tertiary/aromatic N) is 5. The molecule has 2 heterocycles. The topological polar surface area (TPSA) is 97.3 Å². The molecule has 21 heavy (non-hydrogen) atoms. The first-order valence-corrected chi connectivity index (χ1v) is 6.64. The molecule has 0 bridgehead atoms. The molecule has 0 unspecified atom stereocenters. The van der Waals surface area contributed by atoms with Crippen molar-refractivity contribution >= 4 is 11.4 Å². The van der Waals surface area contributed by atoms with E-state index in [1.165, 1.54) is 6.07 Å². The van der Waals surface area contributed by atoms with E-state index in [1.54, 1.807) is 25.4 Å². The zero-order chi connectivity index (χ0) is 15.0. The fourth-order valence-corrected chi connectivity index (χ4v) is 2.49. The summed E-state index contributed by atoms with van der Waals surface area (Å²) in [6.07, 6.45) is 0.930. The molecule has 3 rings (SSSR count). The summed E-state index contributed by atoms with van der Waals surface area (Å²) in [4.78, 5) is 12.8. The fraction of sp³-hybridized carbons (Fsp3) is 0.385. The van der Waals surface area contributed by atoms with Gasteiger partial charge in [-0.3, -0.25) is 10.1 Å². The molecule has 0 spiro atoms. The maximum atomic E-state index is 11.3. The van der Waals surface area contributed by atoms with Crippen LogP contribution in [0.2, 0.25) is 0 Å². The summed E-state index contributed by atoms with van der Waals surface area (Å²) in [5, 5.41) is 28.7. The second-order valence-corrected chi connectivity index (χ2v) is 5.04. The van der Waals surface area contributed by atoms with Crippen LogP contribution < -0.4 is 4.90 Å². The lowest BCUT2D eigenvalue weighted by Crippen LogP contribution is -2.34. The minimum atomic E-state index is -0.734. The number of aliphatic hydroxyl groups excluding tert-OH is 1. The van der Waals surface area contributed by atoms with Crippen molar-refractivity contribution in [2.24, 2.45) is 0 Å². The predicted octanol–water partition coefficient (Wildman–Crippen LogP) is 1.26. The van der Waals surface area contributed by atoms with Gasteiger partial charge < -0.3 is 14.6 Å². The average Bonchev–Trinajstić information content (AvgIpc) is 2.93. The Morgan fingerprint density at radius 2 is 2.24 bits per heavy atom. The highest BCUT2D eigenvalue weighted by Crippen LogP contribution is 2.32. The van der Waals surface area contributed by atoms with Gasteiger partial charge in [0.25, 0.3) is 5.69 Å². The normalized spacial score (nSPS) is 15.6. The van der Waals surface area contributed by atoms with Gasteiger partial charge in [0.2, 0.25) is 0 Å². The molecule has 0 amide bonds. The number of anilines is 1. The lowest BCUT2D eigenvalue weighted by Gasteiger charge is -2.28. The third kappa shape index (κ3) is 2.45. The zero-order valence-corrected chi connectivity index (χ0v) is 11.5. The third-order valence-corrected chi connectivity index (χ3v) is 3.66. The molecule has 1 aromatic carbocycles. The van der Waals surface area contributed by atoms with Crippen LogP contribution in [0.1, 0.15) is 24.4 Å². The maximum absolute atomic E-state index is 11.3. The monoisotopic (exact) mass is 289 g/mol. The van der Waals surface area contributed by atoms with Gasteiger partial charge >= 0.3 is 0 Å². The van der Waals surface area contributed by atoms with E-state index in [0.717, 1.165) is 5.82 Å². The van der Waals surface area contributed by atoms with Crippen molar-refractivity contribution in [1.82, 2.24) is 14.8 Å². The summed E-state index contributed by atoms with van der Waals surface area (Å²) >= 11 is 0. The van der Waals surface area contributed by atoms with Crippen molar-refractivity contribution in [1.29, 1.82) is 0 Å². The molecule has 0 aliphatic carbocycles. The van der Waals surface area contributed by atoms with E-state index < -0.39 is 11.0 Å². The molecule has 1 N–H and O–H groups in total. The summed E-state index contributed by atoms with van der Waals surface area (Å²) in [5.41, 5.74) is 1.07. The van der Waals surface area contributed by atoms with E-state index in [-0.39, 0.29) is 5.69 Å². The third-order valence-electron chi connectivity index (χ3n) is 3.66. The summed E-state index contributed by atoms with van der Waals surface area (Å²) in [6, 6.07) is 4.83. The highest BCUT2D eigenvalue weighted by Gasteiger charge is 2.25. The Kier molecular flexibility index (Phi) is 3.30. The van der Waals surface area contributed by atoms with Crippen molar-refractivity contribution in [2.75, 3.05) is 11.4 Å². The minimum Gasteiger partial charge on any atom is -0.389 e. The van der Waals surface area contributed by atoms with Gasteiger partial charge in [0.1, 0.15) is 12.0 Å². The number of aliphatic hydroxyl groups is 1. The second kappa shape index (κ2) is 5.13. The highest BCUT2D eigenvalue weighted by atomic mass is 16.6. The van der Waals surface area contributed by atoms with E-state index in [0.29, 0.717) is 30.9 Å². The van der Waals surface area contributed by atoms with Gasteiger partial charge in [0.15, 0.2) is 5.82 Å². The number of hydrogen-bond donors (Lipinski definition) is 1. The van der Waals surface area contributed by atoms with Gasteiger partial charge in [0.05, 0.1) is 17.6 Å². The van der Waals surface area contributed by atoms with E-state index in [9.17, 15) is 15.2 Å². The molecule has 0 saturated heterocycles. The Labute approximate surface area is 120 Å². The van der Waals surface area contributed by atoms with Gasteiger partial charge in [-0.2, -0.15) is 0 Å². The van der Waals surface area contributed by atoms with E-state index >= 15 is 0 Å². The first-order valence-electron chi connectivity index (χ1n) is 6.64. The van der Waals surface area contributed by atoms with Gasteiger partial charge in [-0.25, -0.2) is 0 Å². The van der Waals surface area contributed by atoms with Crippen molar-refractivity contribution in [2.45, 2.75) is 26.1 Å². The number of rotatable bonds is 3. The molecule has 8 heteroatoms. The van der Waals surface area contributed by atoms with Crippen molar-refractivity contribution in [3.05, 3.63) is 46.0 Å². The molecule has 1 aromatic heterocycles. The Morgan fingerprint density at radius 3 is 2.95 bits per heavy atom. The van der Waals surface area contributed by atoms with E-state index in [1.807, 2.05) is 9.47 Å². The van der Waals surface area contributed by atoms with Gasteiger partial charge in [-0.1, -0.05) is 6.07 Å². The second-order valence-electron chi connectivity index (χ2n) is 5.04. The van der Waals surface area contributed by atoms with Crippen LogP contribution >= 0.6 is 0 Å². The molecule has 0 saturated carbocycles. The SMILES string of the molecule is C[C@H](O)c1ccc(N2CCn3cnnc3C2)c([N+](=O)[O-])c1. The molecular weight excluding hydrogens is 274 g/mol. The molecule has 110 valence electrons. The van der Waals surface area contributed by atoms with Crippen LogP contribution in [0, 0.1) is 10.1 Å². The quantitative estimate of drug-likeness (QED) is 0.675. The number of nitro groups is 1. The summed E-state index contributed by atoms with van der Waals surface area (Å²) in [6.45, 7) is 3.41. The van der Waals surface area contributed by atoms with Crippen LogP contribution in [0.25, 0.3) is 0 Å². The van der Waals surface area contributed by atoms with Crippen LogP contribution in [0.4, 0.5) is 11.4 Å². The lowest BCUT2D eigenvalue weighted by molar-refractivity contribution is -0.384. The number of aromatic nitrogens is 3. The first kappa shape index (κ1) is 13.5. The maximum Gasteiger partial charge on any atom is 0.292 e. The Hall–Kier alpha value is -2.48. The Bertz CT molecular complexity index is 682. The zero-order valence-electron chi connectivity index (χ0n) is 11.5. The number of nitro benzene ring substituents is 1. The Morgan fingerprint density at radius 1 is 1.43 bits per heavy atom. The Balaban J connectivity index is 1.97. The van der Waals surface area contributed by atoms with Crippen LogP contribution in [-0.4, -0.2) is 31.3 Å². The van der Waals surface area contributed by atoms with Crippen LogP contribution in [-0.2, 0) is 13.1 Å². The predicted molar refractivity (Wildman–Crippen MR) is 74.8 cm³/mol. The molecule has 0 radical (unpaired) electrons. The smallest absolute Gasteiger partial charge is 0.292 e. The van der Waals surface area contributed by atoms with Crippen LogP contribution in [0.5, 0.6) is 0 Å². The molecule has 1 aliphatic heterocycles. The molecule has 0 fully saturated rings. The van der Waals surface area contributed by atoms with E-state index in [4.69, 9.17) is 0 Å². The van der Waals surface area contributed by atoms with Gasteiger partial charge in [-0.15, -0.1) is 10.2 Å². The van der Waals surface area contributed by atoms with Crippen molar-refractivity contribution in [3.63, 3.8) is 0 Å². The van der Waals surface area contributed by atoms with Crippen LogP contribution in [0.3, 0.4) is 0 Å². The molecule has 8 nitrogen and oxygen atoms in total. The van der Waals surface area contributed by atoms with E-state index in [2.05, 4.69) is 10.2 Å². The minimum absolute atomic E-state index is 0.00126. The molecule has 2 aromatic rings. The van der Waals surface area contributed by atoms with Gasteiger partial charge in [-0.05, 0) is 18.6 Å². The average molecular weight is 289 g/mol. The molecule has 1 aliphatic rings. The number of benzene rings is 1. The fourth-order valence-electron chi connectivity index (χ4n) is 2.49. The highest BCUT2D eigenvalue weighted by molar-refractivity contribution is 5.64. The first-order chi connectivity index (χ1) is 10.1. The lowest BCUT2D eigenvalue weighted by atomic mass is 10.1. The van der Waals surface area contributed by atoms with Crippen molar-refractivity contribution < 1.29 is 10.0 Å². The number of fused-ring (bicyclic) bond motifs is 1. The van der Waals surface area contributed by atoms with Gasteiger partial charge in [0, 0.05) is 19.2 Å². The molecular formula is C13H15N5O3. The largest absolute Gasteiger partial charge is 0.389 e.